The first-order valence-electron chi connectivity index (χ1n) is 9.84. The molecule has 0 bridgehead atoms. The molecule has 4 nitrogen and oxygen atoms in total. The summed E-state index contributed by atoms with van der Waals surface area (Å²) in [4.78, 5) is 24.1. The maximum Gasteiger partial charge on any atom is 0.245 e. The number of amides is 1. The number of hydrogen-bond acceptors (Lipinski definition) is 3. The second-order valence-electron chi connectivity index (χ2n) is 9.17. The van der Waals surface area contributed by atoms with Gasteiger partial charge in [-0.25, -0.2) is 0 Å². The van der Waals surface area contributed by atoms with Crippen LogP contribution in [0.25, 0.3) is 0 Å². The largest absolute Gasteiger partial charge is 0.324 e. The van der Waals surface area contributed by atoms with Crippen molar-refractivity contribution in [1.82, 2.24) is 0 Å². The Morgan fingerprint density at radius 3 is 2.07 bits per heavy atom. The van der Waals surface area contributed by atoms with Crippen LogP contribution in [0.3, 0.4) is 0 Å². The molecule has 0 fully saturated rings. The van der Waals surface area contributed by atoms with Gasteiger partial charge in [0, 0.05) is 11.3 Å². The molecule has 1 unspecified atom stereocenters. The Kier molecular flexibility index (Phi) is 5.20. The summed E-state index contributed by atoms with van der Waals surface area (Å²) in [6.07, 6.45) is 2.26. The molecular weight excluding hydrogens is 348 g/mol. The van der Waals surface area contributed by atoms with Gasteiger partial charge in [-0.1, -0.05) is 45.9 Å². The van der Waals surface area contributed by atoms with E-state index < -0.39 is 6.04 Å². The maximum absolute atomic E-state index is 12.7. The monoisotopic (exact) mass is 378 g/mol. The minimum atomic E-state index is -0.751. The Hall–Kier alpha value is -2.46. The zero-order valence-electron chi connectivity index (χ0n) is 17.4. The van der Waals surface area contributed by atoms with E-state index in [1.807, 2.05) is 6.07 Å². The lowest BCUT2D eigenvalue weighted by Gasteiger charge is -2.42. The quantitative estimate of drug-likeness (QED) is 0.745. The predicted molar refractivity (Wildman–Crippen MR) is 114 cm³/mol. The van der Waals surface area contributed by atoms with E-state index in [4.69, 9.17) is 5.73 Å². The zero-order valence-corrected chi connectivity index (χ0v) is 17.4. The van der Waals surface area contributed by atoms with Crippen LogP contribution in [0.1, 0.15) is 80.6 Å². The van der Waals surface area contributed by atoms with Crippen molar-refractivity contribution in [3.63, 3.8) is 0 Å². The van der Waals surface area contributed by atoms with Gasteiger partial charge in [-0.3, -0.25) is 9.59 Å². The predicted octanol–water partition coefficient (Wildman–Crippen LogP) is 4.88. The van der Waals surface area contributed by atoms with E-state index in [2.05, 4.69) is 45.1 Å². The number of hydrogen-bond donors (Lipinski definition) is 2. The van der Waals surface area contributed by atoms with Gasteiger partial charge in [0.1, 0.15) is 6.04 Å². The Balaban J connectivity index is 1.83. The summed E-state index contributed by atoms with van der Waals surface area (Å²) in [6, 6.07) is 12.3. The van der Waals surface area contributed by atoms with Gasteiger partial charge in [0.05, 0.1) is 0 Å². The van der Waals surface area contributed by atoms with Crippen LogP contribution in [0.2, 0.25) is 0 Å². The van der Waals surface area contributed by atoms with E-state index in [0.29, 0.717) is 11.3 Å². The number of nitrogens with two attached hydrogens (primary N) is 1. The average Bonchev–Trinajstić information content (AvgIpc) is 2.65. The van der Waals surface area contributed by atoms with E-state index in [-0.39, 0.29) is 22.5 Å². The Labute approximate surface area is 167 Å². The number of ketones is 1. The number of carbonyl (C=O) groups excluding carboxylic acids is 2. The summed E-state index contributed by atoms with van der Waals surface area (Å²) in [5, 5.41) is 2.85. The third-order valence-corrected chi connectivity index (χ3v) is 6.08. The number of benzene rings is 2. The number of anilines is 1. The molecule has 0 aromatic heterocycles. The minimum Gasteiger partial charge on any atom is -0.324 e. The summed E-state index contributed by atoms with van der Waals surface area (Å²) < 4.78 is 0. The fraction of sp³-hybridized carbons (Fsp3) is 0.417. The normalized spacial score (nSPS) is 18.1. The van der Waals surface area contributed by atoms with Gasteiger partial charge in [-0.2, -0.15) is 0 Å². The number of carbonyl (C=O) groups is 2. The van der Waals surface area contributed by atoms with E-state index in [0.717, 1.165) is 18.4 Å². The lowest BCUT2D eigenvalue weighted by atomic mass is 9.63. The summed E-state index contributed by atoms with van der Waals surface area (Å²) in [6.45, 7) is 10.6. The van der Waals surface area contributed by atoms with Gasteiger partial charge < -0.3 is 11.1 Å². The van der Waals surface area contributed by atoms with Crippen LogP contribution in [0, 0.1) is 0 Å². The highest BCUT2D eigenvalue weighted by Gasteiger charge is 2.37. The molecule has 148 valence electrons. The fourth-order valence-corrected chi connectivity index (χ4v) is 3.96. The highest BCUT2D eigenvalue weighted by atomic mass is 16.2. The van der Waals surface area contributed by atoms with Crippen LogP contribution < -0.4 is 11.1 Å². The first-order chi connectivity index (χ1) is 13.0. The zero-order chi connectivity index (χ0) is 20.7. The second-order valence-corrected chi connectivity index (χ2v) is 9.17. The van der Waals surface area contributed by atoms with Crippen molar-refractivity contribution in [1.29, 1.82) is 0 Å². The van der Waals surface area contributed by atoms with Gasteiger partial charge in [0.2, 0.25) is 5.91 Å². The standard InChI is InChI=1S/C24H30N2O2/c1-15(27)16-6-9-18(10-7-16)26-22(28)21(25)17-8-11-19-20(14-17)24(4,5)13-12-23(19,2)3/h6-11,14,21H,12-13,25H2,1-5H3,(H,26,28). The highest BCUT2D eigenvalue weighted by Crippen LogP contribution is 2.46. The summed E-state index contributed by atoms with van der Waals surface area (Å²) >= 11 is 0. The van der Waals surface area contributed by atoms with Crippen molar-refractivity contribution >= 4 is 17.4 Å². The molecule has 2 aromatic carbocycles. The molecule has 1 aliphatic rings. The van der Waals surface area contributed by atoms with Gasteiger partial charge in [-0.05, 0) is 71.6 Å². The topological polar surface area (TPSA) is 72.2 Å². The van der Waals surface area contributed by atoms with E-state index in [1.54, 1.807) is 24.3 Å². The number of fused-ring (bicyclic) bond motifs is 1. The van der Waals surface area contributed by atoms with Gasteiger partial charge in [0.15, 0.2) is 5.78 Å². The maximum atomic E-state index is 12.7. The smallest absolute Gasteiger partial charge is 0.245 e. The third kappa shape index (κ3) is 3.88. The van der Waals surface area contributed by atoms with Crippen LogP contribution in [0.5, 0.6) is 0 Å². The van der Waals surface area contributed by atoms with Crippen LogP contribution in [-0.2, 0) is 15.6 Å². The first kappa shape index (κ1) is 20.3. The molecule has 0 radical (unpaired) electrons. The molecule has 0 spiro atoms. The van der Waals surface area contributed by atoms with Crippen LogP contribution in [0.4, 0.5) is 5.69 Å². The minimum absolute atomic E-state index is 0.00539. The van der Waals surface area contributed by atoms with Crippen molar-refractivity contribution in [3.05, 3.63) is 64.7 Å². The lowest BCUT2D eigenvalue weighted by Crippen LogP contribution is -2.35. The van der Waals surface area contributed by atoms with Crippen LogP contribution >= 0.6 is 0 Å². The third-order valence-electron chi connectivity index (χ3n) is 6.08. The molecule has 1 aliphatic carbocycles. The van der Waals surface area contributed by atoms with Crippen molar-refractivity contribution in [2.75, 3.05) is 5.32 Å². The molecule has 0 saturated carbocycles. The van der Waals surface area contributed by atoms with Crippen molar-refractivity contribution in [2.24, 2.45) is 5.73 Å². The Morgan fingerprint density at radius 1 is 0.929 bits per heavy atom. The number of rotatable bonds is 4. The molecule has 1 amide bonds. The lowest BCUT2D eigenvalue weighted by molar-refractivity contribution is -0.117. The SMILES string of the molecule is CC(=O)c1ccc(NC(=O)C(N)c2ccc3c(c2)C(C)(C)CCC3(C)C)cc1. The van der Waals surface area contributed by atoms with Gasteiger partial charge in [-0.15, -0.1) is 0 Å². The van der Waals surface area contributed by atoms with Crippen molar-refractivity contribution in [3.8, 4) is 0 Å². The van der Waals surface area contributed by atoms with E-state index in [1.165, 1.54) is 18.1 Å². The molecule has 28 heavy (non-hydrogen) atoms. The summed E-state index contributed by atoms with van der Waals surface area (Å²) in [7, 11) is 0. The molecule has 0 heterocycles. The van der Waals surface area contributed by atoms with Gasteiger partial charge in [0.25, 0.3) is 0 Å². The molecule has 3 rings (SSSR count). The molecule has 1 atom stereocenters. The molecular formula is C24H30N2O2. The number of Topliss-reactive ketones (excluding diaryl/α,β-unsaturated/α-hetero) is 1. The van der Waals surface area contributed by atoms with Gasteiger partial charge >= 0.3 is 0 Å². The van der Waals surface area contributed by atoms with Crippen molar-refractivity contribution in [2.45, 2.75) is 64.3 Å². The molecule has 0 saturated heterocycles. The summed E-state index contributed by atoms with van der Waals surface area (Å²) in [5.74, 6) is -0.266. The molecule has 2 aromatic rings. The van der Waals surface area contributed by atoms with E-state index >= 15 is 0 Å². The van der Waals surface area contributed by atoms with E-state index in [9.17, 15) is 9.59 Å². The number of nitrogens with one attached hydrogen (secondary N) is 1. The molecule has 4 heteroatoms. The van der Waals surface area contributed by atoms with Crippen LogP contribution in [0.15, 0.2) is 42.5 Å². The molecule has 0 aliphatic heterocycles. The van der Waals surface area contributed by atoms with Crippen molar-refractivity contribution < 1.29 is 9.59 Å². The highest BCUT2D eigenvalue weighted by molar-refractivity contribution is 5.97. The average molecular weight is 379 g/mol. The fourth-order valence-electron chi connectivity index (χ4n) is 3.96. The Morgan fingerprint density at radius 2 is 1.50 bits per heavy atom. The summed E-state index contributed by atoms with van der Waals surface area (Å²) in [5.41, 5.74) is 11.2. The van der Waals surface area contributed by atoms with Crippen LogP contribution in [-0.4, -0.2) is 11.7 Å². The second kappa shape index (κ2) is 7.17. The Bertz CT molecular complexity index is 911. The first-order valence-corrected chi connectivity index (χ1v) is 9.84. The molecule has 3 N–H and O–H groups in total.